The van der Waals surface area contributed by atoms with Gasteiger partial charge in [-0.1, -0.05) is 41.6 Å². The van der Waals surface area contributed by atoms with Crippen molar-refractivity contribution in [2.75, 3.05) is 11.1 Å². The van der Waals surface area contributed by atoms with E-state index in [9.17, 15) is 8.42 Å². The first-order valence-electron chi connectivity index (χ1n) is 9.67. The molecule has 7 nitrogen and oxygen atoms in total. The van der Waals surface area contributed by atoms with E-state index in [2.05, 4.69) is 21.1 Å². The van der Waals surface area contributed by atoms with Crippen molar-refractivity contribution in [3.05, 3.63) is 83.0 Å². The lowest BCUT2D eigenvalue weighted by molar-refractivity contribution is 0.174. The molecule has 1 aliphatic heterocycles. The van der Waals surface area contributed by atoms with E-state index in [1.165, 1.54) is 0 Å². The largest absolute Gasteiger partial charge is 0.454 e. The number of hydrogen-bond acceptors (Lipinski definition) is 6. The van der Waals surface area contributed by atoms with Crippen LogP contribution in [-0.4, -0.2) is 20.4 Å². The third-order valence-corrected chi connectivity index (χ3v) is 7.69. The smallest absolute Gasteiger partial charge is 0.271 e. The number of fused-ring (bicyclic) bond motifs is 1. The lowest BCUT2D eigenvalue weighted by Crippen LogP contribution is -2.26. The molecule has 0 unspecified atom stereocenters. The number of sulfonamides is 1. The van der Waals surface area contributed by atoms with Crippen molar-refractivity contribution in [1.29, 1.82) is 0 Å². The normalized spacial score (nSPS) is 12.7. The summed E-state index contributed by atoms with van der Waals surface area (Å²) in [6, 6.07) is 21.0. The number of aryl methyl sites for hydroxylation is 1. The van der Waals surface area contributed by atoms with E-state index in [1.54, 1.807) is 55.5 Å². The molecule has 162 valence electrons. The van der Waals surface area contributed by atoms with Crippen LogP contribution in [0.4, 0.5) is 11.6 Å². The summed E-state index contributed by atoms with van der Waals surface area (Å²) in [6.07, 6.45) is 0. The van der Waals surface area contributed by atoms with E-state index < -0.39 is 10.0 Å². The van der Waals surface area contributed by atoms with E-state index in [-0.39, 0.29) is 17.6 Å². The fraction of sp³-hybridized carbons (Fsp3) is 0.0870. The average molecular weight is 513 g/mol. The molecule has 0 saturated heterocycles. The van der Waals surface area contributed by atoms with Gasteiger partial charge in [-0.2, -0.15) is 4.31 Å². The minimum absolute atomic E-state index is 0.0912. The van der Waals surface area contributed by atoms with Crippen LogP contribution in [0.1, 0.15) is 5.69 Å². The van der Waals surface area contributed by atoms with Crippen molar-refractivity contribution in [3.63, 3.8) is 0 Å². The lowest BCUT2D eigenvalue weighted by atomic mass is 10.1. The molecular weight excluding hydrogens is 496 g/mol. The first-order chi connectivity index (χ1) is 15.4. The molecule has 0 saturated carbocycles. The summed E-state index contributed by atoms with van der Waals surface area (Å²) in [7, 11) is -4.00. The molecule has 0 amide bonds. The maximum atomic E-state index is 13.7. The fourth-order valence-corrected chi connectivity index (χ4v) is 5.27. The van der Waals surface area contributed by atoms with Gasteiger partial charge in [0.25, 0.3) is 15.9 Å². The van der Waals surface area contributed by atoms with Gasteiger partial charge in [-0.15, -0.1) is 0 Å². The summed E-state index contributed by atoms with van der Waals surface area (Å²) in [5.74, 6) is 1.45. The lowest BCUT2D eigenvalue weighted by Gasteiger charge is -2.22. The van der Waals surface area contributed by atoms with Gasteiger partial charge in [-0.05, 0) is 70.4 Å². The van der Waals surface area contributed by atoms with Gasteiger partial charge in [-0.25, -0.2) is 8.42 Å². The quantitative estimate of drug-likeness (QED) is 0.342. The van der Waals surface area contributed by atoms with E-state index >= 15 is 0 Å². The molecule has 1 aliphatic rings. The van der Waals surface area contributed by atoms with Crippen LogP contribution in [0, 0.1) is 6.92 Å². The number of halogens is 1. The zero-order chi connectivity index (χ0) is 22.3. The summed E-state index contributed by atoms with van der Waals surface area (Å²) in [5, 5.41) is 3.90. The summed E-state index contributed by atoms with van der Waals surface area (Å²) < 4.78 is 45.1. The van der Waals surface area contributed by atoms with Crippen LogP contribution in [0.5, 0.6) is 11.5 Å². The number of benzene rings is 3. The standard InChI is InChI=1S/C23H17BrN2O5S/c1-15-22(24)23(31-25-15)26(18-5-3-2-4-6-18)32(27,28)19-10-7-16(8-11-19)17-9-12-20-21(13-17)30-14-29-20/h2-13H,14H2,1H3. The molecule has 5 rings (SSSR count). The molecule has 3 aromatic carbocycles. The van der Waals surface area contributed by atoms with E-state index in [0.29, 0.717) is 27.4 Å². The van der Waals surface area contributed by atoms with E-state index in [4.69, 9.17) is 14.0 Å². The average Bonchev–Trinajstić information content (AvgIpc) is 3.41. The van der Waals surface area contributed by atoms with Gasteiger partial charge in [0.15, 0.2) is 11.5 Å². The molecule has 0 radical (unpaired) electrons. The van der Waals surface area contributed by atoms with Gasteiger partial charge >= 0.3 is 0 Å². The van der Waals surface area contributed by atoms with Crippen LogP contribution in [-0.2, 0) is 10.0 Å². The van der Waals surface area contributed by atoms with Crippen LogP contribution >= 0.6 is 15.9 Å². The number of hydrogen-bond donors (Lipinski definition) is 0. The van der Waals surface area contributed by atoms with Crippen molar-refractivity contribution in [2.24, 2.45) is 0 Å². The Kier molecular flexibility index (Phi) is 5.15. The molecule has 0 fully saturated rings. The summed E-state index contributed by atoms with van der Waals surface area (Å²) >= 11 is 3.40. The van der Waals surface area contributed by atoms with Crippen LogP contribution in [0.15, 0.2) is 86.7 Å². The minimum atomic E-state index is -4.00. The van der Waals surface area contributed by atoms with Crippen molar-refractivity contribution in [2.45, 2.75) is 11.8 Å². The van der Waals surface area contributed by atoms with Gasteiger partial charge in [-0.3, -0.25) is 0 Å². The third-order valence-electron chi connectivity index (χ3n) is 5.05. The molecule has 0 spiro atoms. The Morgan fingerprint density at radius 3 is 2.28 bits per heavy atom. The van der Waals surface area contributed by atoms with Gasteiger partial charge in [0.2, 0.25) is 6.79 Å². The highest BCUT2D eigenvalue weighted by Crippen LogP contribution is 2.39. The molecule has 0 bridgehead atoms. The Morgan fingerprint density at radius 1 is 0.906 bits per heavy atom. The minimum Gasteiger partial charge on any atom is -0.454 e. The predicted octanol–water partition coefficient (Wildman–Crippen LogP) is 5.67. The number of ether oxygens (including phenoxy) is 2. The Morgan fingerprint density at radius 2 is 1.59 bits per heavy atom. The summed E-state index contributed by atoms with van der Waals surface area (Å²) in [5.41, 5.74) is 2.73. The van der Waals surface area contributed by atoms with Crippen molar-refractivity contribution in [1.82, 2.24) is 5.16 Å². The maximum Gasteiger partial charge on any atom is 0.271 e. The predicted molar refractivity (Wildman–Crippen MR) is 123 cm³/mol. The number of rotatable bonds is 5. The van der Waals surface area contributed by atoms with Crippen LogP contribution < -0.4 is 13.8 Å². The molecule has 2 heterocycles. The Hall–Kier alpha value is -3.30. The molecule has 4 aromatic rings. The molecule has 1 aromatic heterocycles. The second kappa shape index (κ2) is 7.99. The third kappa shape index (κ3) is 3.53. The van der Waals surface area contributed by atoms with Crippen molar-refractivity contribution >= 4 is 37.5 Å². The summed E-state index contributed by atoms with van der Waals surface area (Å²) in [6.45, 7) is 1.93. The molecular formula is C23H17BrN2O5S. The number of aromatic nitrogens is 1. The first-order valence-corrected chi connectivity index (χ1v) is 11.9. The Balaban J connectivity index is 1.55. The van der Waals surface area contributed by atoms with Gasteiger partial charge in [0.1, 0.15) is 4.47 Å². The highest BCUT2D eigenvalue weighted by atomic mass is 79.9. The molecule has 0 atom stereocenters. The monoisotopic (exact) mass is 512 g/mol. The fourth-order valence-electron chi connectivity index (χ4n) is 3.40. The topological polar surface area (TPSA) is 81.9 Å². The zero-order valence-corrected chi connectivity index (χ0v) is 19.3. The van der Waals surface area contributed by atoms with Gasteiger partial charge in [0.05, 0.1) is 16.3 Å². The highest BCUT2D eigenvalue weighted by molar-refractivity contribution is 9.10. The Labute approximate surface area is 193 Å². The molecule has 0 aliphatic carbocycles. The maximum absolute atomic E-state index is 13.7. The van der Waals surface area contributed by atoms with Crippen LogP contribution in [0.25, 0.3) is 11.1 Å². The number of nitrogens with zero attached hydrogens (tertiary/aromatic N) is 2. The highest BCUT2D eigenvalue weighted by Gasteiger charge is 2.32. The van der Waals surface area contributed by atoms with Crippen molar-refractivity contribution < 1.29 is 22.4 Å². The SMILES string of the molecule is Cc1noc(N(c2ccccc2)S(=O)(=O)c2ccc(-c3ccc4c(c3)OCO4)cc2)c1Br. The van der Waals surface area contributed by atoms with Gasteiger partial charge in [0, 0.05) is 0 Å². The number of para-hydroxylation sites is 1. The molecule has 0 N–H and O–H groups in total. The Bertz CT molecular complexity index is 1390. The summed E-state index contributed by atoms with van der Waals surface area (Å²) in [4.78, 5) is 0.117. The second-order valence-electron chi connectivity index (χ2n) is 7.08. The van der Waals surface area contributed by atoms with Crippen molar-refractivity contribution in [3.8, 4) is 22.6 Å². The van der Waals surface area contributed by atoms with E-state index in [1.807, 2.05) is 24.3 Å². The number of anilines is 2. The van der Waals surface area contributed by atoms with E-state index in [0.717, 1.165) is 15.4 Å². The molecule has 32 heavy (non-hydrogen) atoms. The van der Waals surface area contributed by atoms with Crippen LogP contribution in [0.2, 0.25) is 0 Å². The second-order valence-corrected chi connectivity index (χ2v) is 9.66. The zero-order valence-electron chi connectivity index (χ0n) is 16.9. The van der Waals surface area contributed by atoms with Crippen LogP contribution in [0.3, 0.4) is 0 Å². The molecule has 9 heteroatoms. The first kappa shape index (κ1) is 20.6. The van der Waals surface area contributed by atoms with Gasteiger partial charge < -0.3 is 14.0 Å².